The van der Waals surface area contributed by atoms with Crippen LogP contribution in [0.3, 0.4) is 0 Å². The molecule has 0 aliphatic carbocycles. The number of amides is 1. The van der Waals surface area contributed by atoms with Crippen molar-refractivity contribution in [3.8, 4) is 0 Å². The summed E-state index contributed by atoms with van der Waals surface area (Å²) in [7, 11) is 0. The number of esters is 1. The maximum atomic E-state index is 12.3. The minimum absolute atomic E-state index is 0.0651. The maximum Gasteiger partial charge on any atom is 0.328 e. The van der Waals surface area contributed by atoms with Crippen molar-refractivity contribution < 1.29 is 18.8 Å². The molecule has 0 aliphatic heterocycles. The van der Waals surface area contributed by atoms with Crippen molar-refractivity contribution in [1.29, 1.82) is 0 Å². The van der Waals surface area contributed by atoms with Crippen LogP contribution in [0.4, 0.5) is 0 Å². The second-order valence-electron chi connectivity index (χ2n) is 4.71. The fourth-order valence-electron chi connectivity index (χ4n) is 1.92. The summed E-state index contributed by atoms with van der Waals surface area (Å²) in [5.74, 6) is -0.651. The topological polar surface area (TPSA) is 107 Å². The minimum atomic E-state index is -0.840. The molecule has 2 aromatic heterocycles. The molecule has 7 nitrogen and oxygen atoms in total. The molecule has 10 heteroatoms. The van der Waals surface area contributed by atoms with E-state index in [1.165, 1.54) is 17.4 Å². The predicted octanol–water partition coefficient (Wildman–Crippen LogP) is 2.62. The molecule has 130 valence electrons. The molecule has 0 aromatic carbocycles. The van der Waals surface area contributed by atoms with E-state index in [2.05, 4.69) is 42.3 Å². The average molecular weight is 481 g/mol. The number of nitrogens with zero attached hydrogens (tertiary/aromatic N) is 1. The smallest absolute Gasteiger partial charge is 0.328 e. The van der Waals surface area contributed by atoms with Crippen molar-refractivity contribution in [3.63, 3.8) is 0 Å². The van der Waals surface area contributed by atoms with E-state index in [9.17, 15) is 9.59 Å². The van der Waals surface area contributed by atoms with Gasteiger partial charge in [-0.15, -0.1) is 11.3 Å². The SMILES string of the molecule is CCOC(=O)C(Cc1cc(Br)sc1Br)NC(=O)c1cc(CN)on1. The molecule has 1 atom stereocenters. The summed E-state index contributed by atoms with van der Waals surface area (Å²) in [6, 6.07) is 2.48. The fourth-order valence-corrected chi connectivity index (χ4v) is 4.78. The number of carbonyl (C=O) groups excluding carboxylic acids is 2. The summed E-state index contributed by atoms with van der Waals surface area (Å²) in [4.78, 5) is 24.4. The lowest BCUT2D eigenvalue weighted by Gasteiger charge is -2.16. The predicted molar refractivity (Wildman–Crippen MR) is 95.7 cm³/mol. The summed E-state index contributed by atoms with van der Waals surface area (Å²) < 4.78 is 11.7. The Kier molecular flexibility index (Phi) is 6.96. The largest absolute Gasteiger partial charge is 0.464 e. The maximum absolute atomic E-state index is 12.3. The van der Waals surface area contributed by atoms with Gasteiger partial charge in [0.2, 0.25) is 0 Å². The molecule has 0 saturated heterocycles. The standard InChI is InChI=1S/C14H15Br2N3O4S/c1-2-22-14(21)10(3-7-4-11(15)24-12(7)16)18-13(20)9-5-8(6-17)23-19-9/h4-5,10H,2-3,6,17H2,1H3,(H,18,20). The first-order chi connectivity index (χ1) is 11.4. The number of carbonyl (C=O) groups is 2. The van der Waals surface area contributed by atoms with E-state index in [1.807, 2.05) is 6.07 Å². The van der Waals surface area contributed by atoms with Crippen molar-refractivity contribution in [2.45, 2.75) is 25.9 Å². The molecule has 2 aromatic rings. The Bertz CT molecular complexity index is 731. The lowest BCUT2D eigenvalue weighted by molar-refractivity contribution is -0.145. The summed E-state index contributed by atoms with van der Waals surface area (Å²) in [6.07, 6.45) is 0.287. The van der Waals surface area contributed by atoms with E-state index in [0.29, 0.717) is 5.76 Å². The van der Waals surface area contributed by atoms with Gasteiger partial charge in [-0.25, -0.2) is 4.79 Å². The minimum Gasteiger partial charge on any atom is -0.464 e. The molecule has 0 radical (unpaired) electrons. The first-order valence-corrected chi connectivity index (χ1v) is 9.41. The third kappa shape index (κ3) is 4.88. The highest BCUT2D eigenvalue weighted by Crippen LogP contribution is 2.32. The number of hydrogen-bond donors (Lipinski definition) is 2. The summed E-state index contributed by atoms with van der Waals surface area (Å²) in [5, 5.41) is 6.27. The Morgan fingerprint density at radius 3 is 2.75 bits per heavy atom. The van der Waals surface area contributed by atoms with Crippen LogP contribution in [0.15, 0.2) is 24.2 Å². The quantitative estimate of drug-likeness (QED) is 0.590. The monoisotopic (exact) mass is 479 g/mol. The van der Waals surface area contributed by atoms with Crippen molar-refractivity contribution >= 4 is 55.1 Å². The molecule has 0 spiro atoms. The molecule has 0 aliphatic rings. The molecule has 24 heavy (non-hydrogen) atoms. The van der Waals surface area contributed by atoms with E-state index in [-0.39, 0.29) is 25.3 Å². The Hall–Kier alpha value is -1.23. The van der Waals surface area contributed by atoms with Gasteiger partial charge in [0, 0.05) is 12.5 Å². The van der Waals surface area contributed by atoms with Crippen LogP contribution in [-0.2, 0) is 22.5 Å². The van der Waals surface area contributed by atoms with Crippen LogP contribution >= 0.6 is 43.2 Å². The zero-order valence-corrected chi connectivity index (χ0v) is 16.7. The van der Waals surface area contributed by atoms with E-state index in [1.54, 1.807) is 6.92 Å². The Labute approximate surface area is 159 Å². The zero-order valence-electron chi connectivity index (χ0n) is 12.7. The molecular weight excluding hydrogens is 466 g/mol. The lowest BCUT2D eigenvalue weighted by Crippen LogP contribution is -2.43. The Balaban J connectivity index is 2.14. The van der Waals surface area contributed by atoms with Gasteiger partial charge in [0.1, 0.15) is 6.04 Å². The first-order valence-electron chi connectivity index (χ1n) is 7.01. The van der Waals surface area contributed by atoms with Crippen molar-refractivity contribution in [2.75, 3.05) is 6.61 Å². The molecule has 2 heterocycles. The Morgan fingerprint density at radius 2 is 2.21 bits per heavy atom. The molecule has 1 unspecified atom stereocenters. The zero-order chi connectivity index (χ0) is 17.7. The van der Waals surface area contributed by atoms with Gasteiger partial charge in [-0.05, 0) is 50.4 Å². The molecule has 2 rings (SSSR count). The highest BCUT2D eigenvalue weighted by molar-refractivity contribution is 9.12. The third-order valence-corrected chi connectivity index (χ3v) is 5.48. The van der Waals surface area contributed by atoms with Gasteiger partial charge < -0.3 is 20.3 Å². The number of hydrogen-bond acceptors (Lipinski definition) is 7. The molecule has 0 saturated carbocycles. The molecule has 0 bridgehead atoms. The molecule has 0 fully saturated rings. The fraction of sp³-hybridized carbons (Fsp3) is 0.357. The Morgan fingerprint density at radius 1 is 1.46 bits per heavy atom. The lowest BCUT2D eigenvalue weighted by atomic mass is 10.1. The normalized spacial score (nSPS) is 12.0. The number of thiophene rings is 1. The van der Waals surface area contributed by atoms with Gasteiger partial charge in [-0.2, -0.15) is 0 Å². The van der Waals surface area contributed by atoms with E-state index < -0.39 is 17.9 Å². The average Bonchev–Trinajstić information content (AvgIpc) is 3.13. The second kappa shape index (κ2) is 8.75. The van der Waals surface area contributed by atoms with Crippen LogP contribution in [0.25, 0.3) is 0 Å². The summed E-state index contributed by atoms with van der Waals surface area (Å²) in [6.45, 7) is 2.07. The van der Waals surface area contributed by atoms with Gasteiger partial charge >= 0.3 is 5.97 Å². The van der Waals surface area contributed by atoms with Crippen LogP contribution in [0.1, 0.15) is 28.7 Å². The third-order valence-electron chi connectivity index (χ3n) is 3.02. The number of nitrogens with one attached hydrogen (secondary N) is 1. The molecular formula is C14H15Br2N3O4S. The van der Waals surface area contributed by atoms with Crippen molar-refractivity contribution in [2.24, 2.45) is 5.73 Å². The number of halogens is 2. The number of ether oxygens (including phenoxy) is 1. The highest BCUT2D eigenvalue weighted by atomic mass is 79.9. The summed E-state index contributed by atoms with van der Waals surface area (Å²) >= 11 is 8.31. The van der Waals surface area contributed by atoms with Gasteiger partial charge in [-0.1, -0.05) is 5.16 Å². The molecule has 3 N–H and O–H groups in total. The van der Waals surface area contributed by atoms with Crippen molar-refractivity contribution in [3.05, 3.63) is 36.7 Å². The van der Waals surface area contributed by atoms with E-state index >= 15 is 0 Å². The number of rotatable bonds is 7. The second-order valence-corrected chi connectivity index (χ2v) is 8.46. The van der Waals surface area contributed by atoms with Gasteiger partial charge in [0.05, 0.1) is 20.7 Å². The van der Waals surface area contributed by atoms with Gasteiger partial charge in [-0.3, -0.25) is 4.79 Å². The van der Waals surface area contributed by atoms with Crippen LogP contribution in [0.5, 0.6) is 0 Å². The van der Waals surface area contributed by atoms with Crippen LogP contribution < -0.4 is 11.1 Å². The van der Waals surface area contributed by atoms with Crippen LogP contribution in [-0.4, -0.2) is 29.7 Å². The van der Waals surface area contributed by atoms with E-state index in [0.717, 1.165) is 13.1 Å². The first kappa shape index (κ1) is 19.1. The van der Waals surface area contributed by atoms with Gasteiger partial charge in [0.15, 0.2) is 11.5 Å². The molecule has 1 amide bonds. The van der Waals surface area contributed by atoms with E-state index in [4.69, 9.17) is 15.0 Å². The van der Waals surface area contributed by atoms with Crippen LogP contribution in [0, 0.1) is 0 Å². The number of aromatic nitrogens is 1. The van der Waals surface area contributed by atoms with Crippen molar-refractivity contribution in [1.82, 2.24) is 10.5 Å². The highest BCUT2D eigenvalue weighted by Gasteiger charge is 2.26. The summed E-state index contributed by atoms with van der Waals surface area (Å²) in [5.41, 5.74) is 6.37. The van der Waals surface area contributed by atoms with Gasteiger partial charge in [0.25, 0.3) is 5.91 Å². The van der Waals surface area contributed by atoms with Crippen LogP contribution in [0.2, 0.25) is 0 Å². The number of nitrogens with two attached hydrogens (primary N) is 1.